The number of nitrogens with zero attached hydrogens (tertiary/aromatic N) is 3. The Balaban J connectivity index is 1.33. The molecule has 0 N–H and O–H groups in total. The molecule has 2 aromatic carbocycles. The first-order valence-corrected chi connectivity index (χ1v) is 10.3. The summed E-state index contributed by atoms with van der Waals surface area (Å²) in [4.78, 5) is 19.2. The zero-order chi connectivity index (χ0) is 19.3. The highest BCUT2D eigenvalue weighted by molar-refractivity contribution is 5.69. The Bertz CT molecular complexity index is 801. The number of rotatable bonds is 5. The van der Waals surface area contributed by atoms with E-state index in [1.807, 2.05) is 30.3 Å². The van der Waals surface area contributed by atoms with Gasteiger partial charge in [-0.25, -0.2) is 4.79 Å². The van der Waals surface area contributed by atoms with Crippen LogP contribution in [0.3, 0.4) is 0 Å². The topological polar surface area (TPSA) is 36.0 Å². The van der Waals surface area contributed by atoms with Gasteiger partial charge in [0, 0.05) is 45.0 Å². The summed E-state index contributed by atoms with van der Waals surface area (Å²) in [5.74, 6) is 0. The molecule has 2 aliphatic rings. The molecule has 2 aromatic rings. The first-order valence-electron chi connectivity index (χ1n) is 10.3. The Morgan fingerprint density at radius 3 is 2.46 bits per heavy atom. The SMILES string of the molecule is CCCN1CCN(c2ccc3c(c2)CN(C(=O)OCc2ccccc2)C3)CC1. The van der Waals surface area contributed by atoms with Gasteiger partial charge in [-0.3, -0.25) is 9.80 Å². The fourth-order valence-electron chi connectivity index (χ4n) is 4.06. The maximum atomic E-state index is 12.5. The summed E-state index contributed by atoms with van der Waals surface area (Å²) >= 11 is 0. The molecular formula is C23H29N3O2. The highest BCUT2D eigenvalue weighted by Gasteiger charge is 2.26. The van der Waals surface area contributed by atoms with Crippen molar-refractivity contribution in [3.63, 3.8) is 0 Å². The summed E-state index contributed by atoms with van der Waals surface area (Å²) in [5.41, 5.74) is 4.75. The van der Waals surface area contributed by atoms with Gasteiger partial charge >= 0.3 is 6.09 Å². The maximum Gasteiger partial charge on any atom is 0.410 e. The molecule has 5 nitrogen and oxygen atoms in total. The Hall–Kier alpha value is -2.53. The van der Waals surface area contributed by atoms with Gasteiger partial charge < -0.3 is 9.64 Å². The third-order valence-electron chi connectivity index (χ3n) is 5.65. The predicted molar refractivity (Wildman–Crippen MR) is 111 cm³/mol. The van der Waals surface area contributed by atoms with Crippen molar-refractivity contribution < 1.29 is 9.53 Å². The number of hydrogen-bond donors (Lipinski definition) is 0. The third-order valence-corrected chi connectivity index (χ3v) is 5.65. The summed E-state index contributed by atoms with van der Waals surface area (Å²) in [6.45, 7) is 9.41. The van der Waals surface area contributed by atoms with Gasteiger partial charge in [-0.1, -0.05) is 43.3 Å². The molecule has 1 fully saturated rings. The van der Waals surface area contributed by atoms with E-state index < -0.39 is 0 Å². The van der Waals surface area contributed by atoms with Crippen molar-refractivity contribution >= 4 is 11.8 Å². The minimum absolute atomic E-state index is 0.241. The van der Waals surface area contributed by atoms with Crippen molar-refractivity contribution in [1.82, 2.24) is 9.80 Å². The highest BCUT2D eigenvalue weighted by Crippen LogP contribution is 2.28. The summed E-state index contributed by atoms with van der Waals surface area (Å²) in [6.07, 6.45) is 0.976. The smallest absolute Gasteiger partial charge is 0.410 e. The van der Waals surface area contributed by atoms with E-state index in [2.05, 4.69) is 34.9 Å². The van der Waals surface area contributed by atoms with Crippen LogP contribution in [-0.2, 0) is 24.4 Å². The van der Waals surface area contributed by atoms with Gasteiger partial charge in [0.2, 0.25) is 0 Å². The quantitative estimate of drug-likeness (QED) is 0.790. The van der Waals surface area contributed by atoms with E-state index in [1.54, 1.807) is 4.90 Å². The van der Waals surface area contributed by atoms with Gasteiger partial charge in [-0.15, -0.1) is 0 Å². The molecular weight excluding hydrogens is 350 g/mol. The van der Waals surface area contributed by atoms with Gasteiger partial charge in [-0.05, 0) is 41.8 Å². The number of amides is 1. The average Bonchev–Trinajstić information content (AvgIpc) is 3.17. The fraction of sp³-hybridized carbons (Fsp3) is 0.435. The highest BCUT2D eigenvalue weighted by atomic mass is 16.6. The summed E-state index contributed by atoms with van der Waals surface area (Å²) in [5, 5.41) is 0. The minimum Gasteiger partial charge on any atom is -0.445 e. The summed E-state index contributed by atoms with van der Waals surface area (Å²) < 4.78 is 5.50. The Kier molecular flexibility index (Phi) is 5.81. The molecule has 1 saturated heterocycles. The van der Waals surface area contributed by atoms with Crippen LogP contribution in [0.2, 0.25) is 0 Å². The largest absolute Gasteiger partial charge is 0.445 e. The van der Waals surface area contributed by atoms with Crippen LogP contribution in [0.15, 0.2) is 48.5 Å². The monoisotopic (exact) mass is 379 g/mol. The summed E-state index contributed by atoms with van der Waals surface area (Å²) in [7, 11) is 0. The van der Waals surface area contributed by atoms with E-state index in [-0.39, 0.29) is 6.09 Å². The van der Waals surface area contributed by atoms with Crippen LogP contribution in [0.25, 0.3) is 0 Å². The average molecular weight is 380 g/mol. The van der Waals surface area contributed by atoms with Gasteiger partial charge in [0.25, 0.3) is 0 Å². The standard InChI is InChI=1S/C23H29N3O2/c1-2-10-24-11-13-25(14-12-24)22-9-8-20-16-26(17-21(20)15-22)23(27)28-18-19-6-4-3-5-7-19/h3-9,15H,2,10-14,16-18H2,1H3. The zero-order valence-corrected chi connectivity index (χ0v) is 16.6. The van der Waals surface area contributed by atoms with E-state index in [0.29, 0.717) is 19.7 Å². The number of fused-ring (bicyclic) bond motifs is 1. The number of hydrogen-bond acceptors (Lipinski definition) is 4. The molecule has 0 bridgehead atoms. The molecule has 0 aromatic heterocycles. The molecule has 0 atom stereocenters. The number of carbonyl (C=O) groups is 1. The molecule has 4 rings (SSSR count). The summed E-state index contributed by atoms with van der Waals surface area (Å²) in [6, 6.07) is 16.5. The molecule has 1 amide bonds. The lowest BCUT2D eigenvalue weighted by Gasteiger charge is -2.36. The van der Waals surface area contributed by atoms with Crippen LogP contribution in [0.5, 0.6) is 0 Å². The first-order chi connectivity index (χ1) is 13.7. The molecule has 28 heavy (non-hydrogen) atoms. The van der Waals surface area contributed by atoms with E-state index in [9.17, 15) is 4.79 Å². The predicted octanol–water partition coefficient (Wildman–Crippen LogP) is 3.87. The second-order valence-electron chi connectivity index (χ2n) is 7.68. The Labute approximate surface area is 167 Å². The normalized spacial score (nSPS) is 16.9. The van der Waals surface area contributed by atoms with Crippen LogP contribution in [0.1, 0.15) is 30.0 Å². The van der Waals surface area contributed by atoms with Crippen molar-refractivity contribution in [1.29, 1.82) is 0 Å². The molecule has 0 unspecified atom stereocenters. The molecule has 0 aliphatic carbocycles. The molecule has 2 aliphatic heterocycles. The van der Waals surface area contributed by atoms with Gasteiger partial charge in [0.05, 0.1) is 0 Å². The third kappa shape index (κ3) is 4.30. The van der Waals surface area contributed by atoms with Crippen molar-refractivity contribution in [2.75, 3.05) is 37.6 Å². The Morgan fingerprint density at radius 2 is 1.71 bits per heavy atom. The van der Waals surface area contributed by atoms with E-state index in [1.165, 1.54) is 29.8 Å². The lowest BCUT2D eigenvalue weighted by Crippen LogP contribution is -2.46. The van der Waals surface area contributed by atoms with Crippen LogP contribution < -0.4 is 4.90 Å². The lowest BCUT2D eigenvalue weighted by atomic mass is 10.1. The van der Waals surface area contributed by atoms with Gasteiger partial charge in [0.1, 0.15) is 6.61 Å². The number of benzene rings is 2. The number of anilines is 1. The second-order valence-corrected chi connectivity index (χ2v) is 7.68. The fourth-order valence-corrected chi connectivity index (χ4v) is 4.06. The van der Waals surface area contributed by atoms with E-state index in [4.69, 9.17) is 4.74 Å². The van der Waals surface area contributed by atoms with Crippen LogP contribution in [0, 0.1) is 0 Å². The van der Waals surface area contributed by atoms with E-state index in [0.717, 1.165) is 31.7 Å². The van der Waals surface area contributed by atoms with Crippen LogP contribution >= 0.6 is 0 Å². The zero-order valence-electron chi connectivity index (χ0n) is 16.6. The van der Waals surface area contributed by atoms with Crippen molar-refractivity contribution in [2.24, 2.45) is 0 Å². The van der Waals surface area contributed by atoms with Crippen molar-refractivity contribution in [3.05, 3.63) is 65.2 Å². The molecule has 0 saturated carbocycles. The number of piperazine rings is 1. The minimum atomic E-state index is -0.241. The molecule has 5 heteroatoms. The van der Waals surface area contributed by atoms with Crippen molar-refractivity contribution in [3.8, 4) is 0 Å². The van der Waals surface area contributed by atoms with Crippen LogP contribution in [-0.4, -0.2) is 48.6 Å². The molecule has 148 valence electrons. The first kappa shape index (κ1) is 18.8. The van der Waals surface area contributed by atoms with Gasteiger partial charge in [0.15, 0.2) is 0 Å². The number of ether oxygens (including phenoxy) is 1. The molecule has 0 spiro atoms. The van der Waals surface area contributed by atoms with Crippen LogP contribution in [0.4, 0.5) is 10.5 Å². The maximum absolute atomic E-state index is 12.5. The number of carbonyl (C=O) groups excluding carboxylic acids is 1. The Morgan fingerprint density at radius 1 is 0.964 bits per heavy atom. The van der Waals surface area contributed by atoms with Crippen molar-refractivity contribution in [2.45, 2.75) is 33.0 Å². The van der Waals surface area contributed by atoms with E-state index >= 15 is 0 Å². The molecule has 0 radical (unpaired) electrons. The lowest BCUT2D eigenvalue weighted by molar-refractivity contribution is 0.0955. The second kappa shape index (κ2) is 8.65. The van der Waals surface area contributed by atoms with Gasteiger partial charge in [-0.2, -0.15) is 0 Å². The molecule has 2 heterocycles.